The monoisotopic (exact) mass is 602 g/mol. The molecule has 0 bridgehead atoms. The van der Waals surface area contributed by atoms with E-state index in [2.05, 4.69) is 52.0 Å². The molecule has 0 amide bonds. The van der Waals surface area contributed by atoms with Gasteiger partial charge in [0.1, 0.15) is 0 Å². The van der Waals surface area contributed by atoms with Gasteiger partial charge >= 0.3 is 131 Å². The van der Waals surface area contributed by atoms with E-state index in [4.69, 9.17) is 0 Å². The van der Waals surface area contributed by atoms with Crippen LogP contribution in [0, 0.1) is 0 Å². The van der Waals surface area contributed by atoms with Gasteiger partial charge in [-0.3, -0.25) is 0 Å². The molecule has 0 saturated heterocycles. The van der Waals surface area contributed by atoms with E-state index < -0.39 is 0 Å². The first-order valence-electron chi connectivity index (χ1n) is 7.77. The Bertz CT molecular complexity index is 470. The van der Waals surface area contributed by atoms with E-state index in [-0.39, 0.29) is 76.3 Å². The van der Waals surface area contributed by atoms with Gasteiger partial charge in [0.05, 0.1) is 0 Å². The van der Waals surface area contributed by atoms with Crippen LogP contribution in [-0.4, -0.2) is 5.92 Å². The second-order valence-electron chi connectivity index (χ2n) is 5.60. The van der Waals surface area contributed by atoms with Gasteiger partial charge in [0.15, 0.2) is 0 Å². The molecule has 1 aromatic carbocycles. The fourth-order valence-corrected chi connectivity index (χ4v) is 16.4. The standard InChI is InChI=1S/C13H15.C4H11Si.2HI.Zr/c1-3-6-11-9-12-7-4-5-8-13(12)10(11)2;1-3-5-4-2;;;/h4-5,7-9H,3,6H2,1-2H3;5H,3-4H2,1-2H3;2*1H;/q;;;;+2/p-2. The third-order valence-electron chi connectivity index (χ3n) is 4.41. The Balaban J connectivity index is 0.00000200. The predicted molar refractivity (Wildman–Crippen MR) is 84.8 cm³/mol. The Morgan fingerprint density at radius 3 is 2.24 bits per heavy atom. The average Bonchev–Trinajstić information content (AvgIpc) is 2.71. The van der Waals surface area contributed by atoms with Crippen molar-refractivity contribution in [1.29, 1.82) is 0 Å². The van der Waals surface area contributed by atoms with Gasteiger partial charge in [-0.2, -0.15) is 0 Å². The van der Waals surface area contributed by atoms with Crippen LogP contribution in [0.3, 0.4) is 0 Å². The quantitative estimate of drug-likeness (QED) is 0.295. The fourth-order valence-electron chi connectivity index (χ4n) is 3.22. The van der Waals surface area contributed by atoms with Crippen molar-refractivity contribution in [2.75, 3.05) is 0 Å². The molecule has 1 aromatic rings. The molecular formula is C17H26I2SiZr. The minimum atomic E-state index is -0.359. The van der Waals surface area contributed by atoms with E-state index in [1.807, 2.05) is 5.57 Å². The molecule has 1 aliphatic carbocycles. The SMILES string of the molecule is CCCC1=C(C)c2ccccc2[CH]1[Zr+2][SiH](CC)CC.[I-].[I-]. The van der Waals surface area contributed by atoms with E-state index >= 15 is 0 Å². The first-order chi connectivity index (χ1) is 9.22. The summed E-state index contributed by atoms with van der Waals surface area (Å²) in [6.45, 7) is 9.59. The molecule has 0 saturated carbocycles. The van der Waals surface area contributed by atoms with Crippen LogP contribution in [0.5, 0.6) is 0 Å². The molecule has 0 heterocycles. The molecule has 1 unspecified atom stereocenters. The maximum Gasteiger partial charge on any atom is -1.00 e. The van der Waals surface area contributed by atoms with Crippen LogP contribution >= 0.6 is 0 Å². The molecule has 0 aliphatic heterocycles. The molecule has 0 spiro atoms. The van der Waals surface area contributed by atoms with E-state index in [9.17, 15) is 0 Å². The summed E-state index contributed by atoms with van der Waals surface area (Å²) in [5.74, 6) is -0.359. The molecule has 0 radical (unpaired) electrons. The molecule has 4 heteroatoms. The van der Waals surface area contributed by atoms with Gasteiger partial charge in [-0.1, -0.05) is 0 Å². The van der Waals surface area contributed by atoms with E-state index in [1.54, 1.807) is 16.7 Å². The normalized spacial score (nSPS) is 16.1. The topological polar surface area (TPSA) is 0 Å². The Hall–Kier alpha value is 1.52. The summed E-state index contributed by atoms with van der Waals surface area (Å²) >= 11 is -0.241. The molecule has 0 nitrogen and oxygen atoms in total. The molecular weight excluding hydrogens is 577 g/mol. The summed E-state index contributed by atoms with van der Waals surface area (Å²) in [6, 6.07) is 12.3. The van der Waals surface area contributed by atoms with Gasteiger partial charge < -0.3 is 48.0 Å². The zero-order valence-corrected chi connectivity index (χ0v) is 21.5. The van der Waals surface area contributed by atoms with Crippen molar-refractivity contribution in [2.45, 2.75) is 56.3 Å². The maximum atomic E-state index is 2.44. The largest absolute Gasteiger partial charge is 1.00 e. The summed E-state index contributed by atoms with van der Waals surface area (Å²) in [7, 11) is 0. The Morgan fingerprint density at radius 1 is 1.05 bits per heavy atom. The Kier molecular flexibility index (Phi) is 11.9. The molecule has 2 rings (SSSR count). The maximum absolute atomic E-state index is 2.44. The second kappa shape index (κ2) is 11.1. The van der Waals surface area contributed by atoms with Crippen LogP contribution in [0.25, 0.3) is 5.57 Å². The van der Waals surface area contributed by atoms with Crippen molar-refractivity contribution in [2.24, 2.45) is 0 Å². The number of hydrogen-bond donors (Lipinski definition) is 0. The number of rotatable bonds is 6. The smallest absolute Gasteiger partial charge is 1.00 e. The Labute approximate surface area is 177 Å². The fraction of sp³-hybridized carbons (Fsp3) is 0.529. The van der Waals surface area contributed by atoms with E-state index in [1.165, 1.54) is 24.9 Å². The van der Waals surface area contributed by atoms with Gasteiger partial charge in [-0.05, 0) is 0 Å². The molecule has 1 atom stereocenters. The summed E-state index contributed by atoms with van der Waals surface area (Å²) in [4.78, 5) is 0. The van der Waals surface area contributed by atoms with Crippen molar-refractivity contribution in [3.05, 3.63) is 41.0 Å². The van der Waals surface area contributed by atoms with Crippen molar-refractivity contribution in [3.8, 4) is 0 Å². The zero-order chi connectivity index (χ0) is 13.8. The van der Waals surface area contributed by atoms with Crippen molar-refractivity contribution in [1.82, 2.24) is 0 Å². The molecule has 116 valence electrons. The van der Waals surface area contributed by atoms with Gasteiger partial charge in [0.2, 0.25) is 0 Å². The summed E-state index contributed by atoms with van der Waals surface area (Å²) < 4.78 is 0.927. The predicted octanol–water partition coefficient (Wildman–Crippen LogP) is -0.831. The average molecular weight is 604 g/mol. The summed E-state index contributed by atoms with van der Waals surface area (Å²) in [6.07, 6.45) is 2.64. The van der Waals surface area contributed by atoms with Crippen molar-refractivity contribution < 1.29 is 70.3 Å². The third kappa shape index (κ3) is 5.25. The van der Waals surface area contributed by atoms with Crippen LogP contribution in [0.2, 0.25) is 12.1 Å². The van der Waals surface area contributed by atoms with Crippen LogP contribution in [0.1, 0.15) is 55.3 Å². The number of benzene rings is 1. The van der Waals surface area contributed by atoms with E-state index in [0.717, 1.165) is 3.63 Å². The Morgan fingerprint density at radius 2 is 1.67 bits per heavy atom. The molecule has 0 fully saturated rings. The number of hydrogen-bond acceptors (Lipinski definition) is 0. The van der Waals surface area contributed by atoms with Crippen LogP contribution in [0.4, 0.5) is 0 Å². The van der Waals surface area contributed by atoms with E-state index in [0.29, 0.717) is 0 Å². The summed E-state index contributed by atoms with van der Waals surface area (Å²) in [5, 5.41) is 0. The number of halogens is 2. The first kappa shape index (κ1) is 22.5. The molecule has 0 aromatic heterocycles. The molecule has 1 aliphatic rings. The van der Waals surface area contributed by atoms with Gasteiger partial charge in [-0.25, -0.2) is 0 Å². The van der Waals surface area contributed by atoms with Gasteiger partial charge in [0, 0.05) is 0 Å². The summed E-state index contributed by atoms with van der Waals surface area (Å²) in [5.41, 5.74) is 6.74. The zero-order valence-electron chi connectivity index (χ0n) is 13.5. The van der Waals surface area contributed by atoms with Gasteiger partial charge in [0.25, 0.3) is 0 Å². The number of allylic oxidation sites excluding steroid dienone is 2. The third-order valence-corrected chi connectivity index (χ3v) is 20.8. The second-order valence-corrected chi connectivity index (χ2v) is 18.9. The van der Waals surface area contributed by atoms with Crippen LogP contribution in [0.15, 0.2) is 29.8 Å². The minimum absolute atomic E-state index is 0. The molecule has 0 N–H and O–H groups in total. The first-order valence-corrected chi connectivity index (χ1v) is 15.7. The number of fused-ring (bicyclic) bond motifs is 1. The van der Waals surface area contributed by atoms with Gasteiger partial charge in [-0.15, -0.1) is 0 Å². The minimum Gasteiger partial charge on any atom is -1.00 e. The van der Waals surface area contributed by atoms with Crippen molar-refractivity contribution in [3.63, 3.8) is 0 Å². The molecule has 21 heavy (non-hydrogen) atoms. The van der Waals surface area contributed by atoms with Crippen molar-refractivity contribution >= 4 is 11.5 Å². The van der Waals surface area contributed by atoms with Crippen LogP contribution < -0.4 is 48.0 Å². The van der Waals surface area contributed by atoms with Crippen LogP contribution in [-0.2, 0) is 22.4 Å².